The molecule has 0 saturated carbocycles. The summed E-state index contributed by atoms with van der Waals surface area (Å²) in [6, 6.07) is 11.0. The summed E-state index contributed by atoms with van der Waals surface area (Å²) in [7, 11) is 0. The van der Waals surface area contributed by atoms with Gasteiger partial charge >= 0.3 is 11.3 Å². The molecule has 0 radical (unpaired) electrons. The molecular weight excluding hydrogens is 794 g/mol. The Hall–Kier alpha value is -5.45. The van der Waals surface area contributed by atoms with Gasteiger partial charge in [-0.25, -0.2) is 9.59 Å². The molecule has 6 rings (SSSR count). The number of unbranched alkanes of at least 4 members (excludes halogenated alkanes) is 1. The van der Waals surface area contributed by atoms with E-state index in [9.17, 15) is 44.7 Å². The van der Waals surface area contributed by atoms with Gasteiger partial charge in [0.15, 0.2) is 12.9 Å². The van der Waals surface area contributed by atoms with Gasteiger partial charge in [0.05, 0.1) is 12.8 Å². The van der Waals surface area contributed by atoms with Gasteiger partial charge in [0, 0.05) is 48.5 Å². The van der Waals surface area contributed by atoms with Gasteiger partial charge in [-0.3, -0.25) is 9.59 Å². The molecule has 2 amide bonds. The summed E-state index contributed by atoms with van der Waals surface area (Å²) in [5.41, 5.74) is 0.948. The van der Waals surface area contributed by atoms with Crippen LogP contribution in [0.15, 0.2) is 72.1 Å². The molecule has 20 nitrogen and oxygen atoms in total. The number of carbonyl (C=O) groups excluding carboxylic acids is 2. The highest BCUT2D eigenvalue weighted by atomic mass is 16.7. The smallest absolute Gasteiger partial charge is 0.336 e. The third-order valence-corrected chi connectivity index (χ3v) is 9.86. The third-order valence-electron chi connectivity index (χ3n) is 9.86. The first kappa shape index (κ1) is 44.1. The van der Waals surface area contributed by atoms with Crippen molar-refractivity contribution in [3.8, 4) is 11.5 Å². The molecule has 0 spiro atoms. The number of rotatable bonds is 16. The van der Waals surface area contributed by atoms with E-state index in [0.717, 1.165) is 17.2 Å². The number of hydrogen-bond acceptors (Lipinski definition) is 18. The Balaban J connectivity index is 0.979. The summed E-state index contributed by atoms with van der Waals surface area (Å²) in [6.45, 7) is 4.13. The molecule has 60 heavy (non-hydrogen) atoms. The number of hydrogen-bond donors (Lipinski definition) is 7. The van der Waals surface area contributed by atoms with Crippen molar-refractivity contribution in [2.24, 2.45) is 5.16 Å². The summed E-state index contributed by atoms with van der Waals surface area (Å²) in [4.78, 5) is 53.3. The van der Waals surface area contributed by atoms with Crippen LogP contribution < -0.4 is 31.4 Å². The predicted octanol–water partition coefficient (Wildman–Crippen LogP) is -0.352. The predicted molar refractivity (Wildman–Crippen MR) is 208 cm³/mol. The Morgan fingerprint density at radius 3 is 2.12 bits per heavy atom. The van der Waals surface area contributed by atoms with Crippen molar-refractivity contribution >= 4 is 40.0 Å². The van der Waals surface area contributed by atoms with Gasteiger partial charge in [0.1, 0.15) is 78.0 Å². The standard InChI is InChI=1S/C40H47N3O17/c1-19-12-31(47)56-26-14-22(6-8-24(19)26)53-18-30(46)41-10-4-5-11-54-42-16-28-34(49)36(51)37(52)40(58-28)60-38-29(17-44)59-39(33(35(38)50)43-21(3)45)55-23-7-9-25-20(2)13-32(48)57-27(25)15-23/h6-9,12-16,28-29,33-40,44,49-52H,4-5,10-11,17-18H2,1-3H3,(H,41,46)(H,43,45)/b42-16+/t28-,29-,33-,34+,35-,36+,37-,38-,39-,40+/m1/s1. The SMILES string of the molecule is CC(=O)N[C@H]1[C@H](Oc2ccc3c(C)cc(=O)oc3c2)O[C@H](CO)[C@@H](O[C@@H]2O[C@H](/C=N/OCCCCNC(=O)COc3ccc4c(C)cc(=O)oc4c3)[C@H](O)[C@H](O)[C@H]2O)[C@@H]1O. The molecule has 0 bridgehead atoms. The molecular formula is C40H47N3O17. The maximum atomic E-state index is 12.3. The van der Waals surface area contributed by atoms with Gasteiger partial charge in [-0.2, -0.15) is 0 Å². The molecule has 4 heterocycles. The van der Waals surface area contributed by atoms with Crippen molar-refractivity contribution in [1.29, 1.82) is 0 Å². The van der Waals surface area contributed by atoms with E-state index < -0.39 is 85.1 Å². The average molecular weight is 842 g/mol. The number of nitrogens with one attached hydrogen (secondary N) is 2. The number of ether oxygens (including phenoxy) is 5. The second kappa shape index (κ2) is 19.7. The van der Waals surface area contributed by atoms with Crippen LogP contribution in [0, 0.1) is 13.8 Å². The van der Waals surface area contributed by atoms with Crippen molar-refractivity contribution in [1.82, 2.24) is 10.6 Å². The molecule has 2 fully saturated rings. The van der Waals surface area contributed by atoms with Crippen LogP contribution in [0.5, 0.6) is 11.5 Å². The second-order valence-corrected chi connectivity index (χ2v) is 14.3. The van der Waals surface area contributed by atoms with Crippen LogP contribution in [0.2, 0.25) is 0 Å². The minimum Gasteiger partial charge on any atom is -0.484 e. The molecule has 2 aromatic heterocycles. The van der Waals surface area contributed by atoms with E-state index in [0.29, 0.717) is 41.7 Å². The summed E-state index contributed by atoms with van der Waals surface area (Å²) in [5, 5.41) is 64.2. The molecule has 10 atom stereocenters. The maximum absolute atomic E-state index is 12.3. The quantitative estimate of drug-likeness (QED) is 0.0328. The van der Waals surface area contributed by atoms with Crippen molar-refractivity contribution in [3.05, 3.63) is 80.5 Å². The van der Waals surface area contributed by atoms with Crippen LogP contribution in [0.4, 0.5) is 0 Å². The number of aliphatic hydroxyl groups is 5. The monoisotopic (exact) mass is 841 g/mol. The highest BCUT2D eigenvalue weighted by Gasteiger charge is 2.51. The van der Waals surface area contributed by atoms with Crippen LogP contribution in [-0.2, 0) is 28.6 Å². The summed E-state index contributed by atoms with van der Waals surface area (Å²) in [5.74, 6) is -0.441. The van der Waals surface area contributed by atoms with Crippen LogP contribution in [0.3, 0.4) is 0 Å². The molecule has 2 aliphatic heterocycles. The maximum Gasteiger partial charge on any atom is 0.336 e. The highest BCUT2D eigenvalue weighted by molar-refractivity contribution is 5.82. The summed E-state index contributed by atoms with van der Waals surface area (Å²) < 4.78 is 39.4. The normalized spacial score (nSPS) is 26.9. The van der Waals surface area contributed by atoms with E-state index in [4.69, 9.17) is 37.4 Å². The topological polar surface area (TPSA) is 288 Å². The van der Waals surface area contributed by atoms with Crippen molar-refractivity contribution in [2.75, 3.05) is 26.4 Å². The first-order valence-electron chi connectivity index (χ1n) is 19.1. The Morgan fingerprint density at radius 2 is 1.47 bits per heavy atom. The molecule has 2 aromatic carbocycles. The molecule has 4 aromatic rings. The van der Waals surface area contributed by atoms with E-state index >= 15 is 0 Å². The lowest BCUT2D eigenvalue weighted by Gasteiger charge is -2.46. The van der Waals surface area contributed by atoms with Gasteiger partial charge in [-0.15, -0.1) is 0 Å². The van der Waals surface area contributed by atoms with E-state index in [2.05, 4.69) is 15.8 Å². The van der Waals surface area contributed by atoms with Crippen molar-refractivity contribution in [2.45, 2.75) is 95.0 Å². The first-order valence-corrected chi connectivity index (χ1v) is 19.1. The van der Waals surface area contributed by atoms with Crippen LogP contribution in [0.25, 0.3) is 21.9 Å². The van der Waals surface area contributed by atoms with Gasteiger partial charge in [-0.1, -0.05) is 5.16 Å². The molecule has 324 valence electrons. The van der Waals surface area contributed by atoms with Crippen LogP contribution in [-0.4, -0.2) is 131 Å². The Bertz CT molecular complexity index is 2280. The fourth-order valence-electron chi connectivity index (χ4n) is 6.77. The number of amides is 2. The van der Waals surface area contributed by atoms with E-state index in [1.54, 1.807) is 44.2 Å². The molecule has 2 saturated heterocycles. The lowest BCUT2D eigenvalue weighted by atomic mass is 9.95. The number of carbonyl (C=O) groups is 2. The number of nitrogens with zero attached hydrogens (tertiary/aromatic N) is 1. The zero-order chi connectivity index (χ0) is 43.1. The molecule has 0 unspecified atom stereocenters. The zero-order valence-electron chi connectivity index (χ0n) is 32.8. The molecule has 20 heteroatoms. The first-order chi connectivity index (χ1) is 28.7. The van der Waals surface area contributed by atoms with E-state index in [-0.39, 0.29) is 30.5 Å². The van der Waals surface area contributed by atoms with Gasteiger partial charge in [0.25, 0.3) is 5.91 Å². The molecule has 7 N–H and O–H groups in total. The van der Waals surface area contributed by atoms with Gasteiger partial charge in [0.2, 0.25) is 12.2 Å². The van der Waals surface area contributed by atoms with Crippen molar-refractivity contribution < 1.29 is 72.5 Å². The van der Waals surface area contributed by atoms with Gasteiger partial charge in [-0.05, 0) is 62.1 Å². The fraction of sp³-hybridized carbons (Fsp3) is 0.475. The van der Waals surface area contributed by atoms with E-state index in [1.165, 1.54) is 25.1 Å². The Kier molecular flexibility index (Phi) is 14.5. The van der Waals surface area contributed by atoms with E-state index in [1.807, 2.05) is 0 Å². The van der Waals surface area contributed by atoms with Gasteiger partial charge < -0.3 is 73.5 Å². The minimum absolute atomic E-state index is 0.101. The number of oxime groups is 1. The third kappa shape index (κ3) is 10.6. The van der Waals surface area contributed by atoms with Crippen LogP contribution in [0.1, 0.15) is 30.9 Å². The minimum atomic E-state index is -1.85. The average Bonchev–Trinajstić information content (AvgIpc) is 3.20. The number of fused-ring (bicyclic) bond motifs is 2. The Morgan fingerprint density at radius 1 is 0.817 bits per heavy atom. The van der Waals surface area contributed by atoms with Crippen LogP contribution >= 0.6 is 0 Å². The highest BCUT2D eigenvalue weighted by Crippen LogP contribution is 2.31. The van der Waals surface area contributed by atoms with Crippen molar-refractivity contribution in [3.63, 3.8) is 0 Å². The fourth-order valence-corrected chi connectivity index (χ4v) is 6.77. The number of aryl methyl sites for hydroxylation is 2. The lowest BCUT2D eigenvalue weighted by Crippen LogP contribution is -2.68. The molecule has 0 aliphatic carbocycles. The summed E-state index contributed by atoms with van der Waals surface area (Å²) >= 11 is 0. The molecule has 2 aliphatic rings. The number of aliphatic hydroxyl groups excluding tert-OH is 5. The second-order valence-electron chi connectivity index (χ2n) is 14.3. The summed E-state index contributed by atoms with van der Waals surface area (Å²) in [6.07, 6.45) is -12.3. The Labute approximate surface area is 341 Å². The number of benzene rings is 2. The largest absolute Gasteiger partial charge is 0.484 e. The lowest BCUT2D eigenvalue weighted by molar-refractivity contribution is -0.333. The zero-order valence-corrected chi connectivity index (χ0v) is 32.8.